The van der Waals surface area contributed by atoms with Gasteiger partial charge in [0.15, 0.2) is 0 Å². The van der Waals surface area contributed by atoms with Crippen LogP contribution >= 0.6 is 11.6 Å². The molecule has 32 heavy (non-hydrogen) atoms. The molecule has 1 aromatic carbocycles. The average molecular weight is 475 g/mol. The lowest BCUT2D eigenvalue weighted by molar-refractivity contribution is -0.124. The molecule has 5 rings (SSSR count). The van der Waals surface area contributed by atoms with E-state index in [0.717, 1.165) is 56.2 Å². The van der Waals surface area contributed by atoms with Crippen molar-refractivity contribution >= 4 is 39.0 Å². The Morgan fingerprint density at radius 2 is 1.75 bits per heavy atom. The van der Waals surface area contributed by atoms with Gasteiger partial charge in [-0.25, -0.2) is 13.4 Å². The minimum atomic E-state index is -3.32. The SMILES string of the molecule is CS(=O)(=O)Nc1ccc(N2C3CCC2CC(NC(=O)C2(c4ccc(Cl)cc4)CC2)C3)nc1. The van der Waals surface area contributed by atoms with Crippen LogP contribution in [0.15, 0.2) is 42.6 Å². The minimum absolute atomic E-state index is 0.131. The van der Waals surface area contributed by atoms with E-state index in [2.05, 4.69) is 19.9 Å². The molecular formula is C23H27ClN4O3S. The zero-order valence-corrected chi connectivity index (χ0v) is 19.5. The number of pyridine rings is 1. The fourth-order valence-corrected chi connectivity index (χ4v) is 6.02. The quantitative estimate of drug-likeness (QED) is 0.669. The largest absolute Gasteiger partial charge is 0.352 e. The minimum Gasteiger partial charge on any atom is -0.352 e. The number of nitrogens with zero attached hydrogens (tertiary/aromatic N) is 2. The molecule has 2 N–H and O–H groups in total. The third kappa shape index (κ3) is 4.18. The Hall–Kier alpha value is -2.32. The summed E-state index contributed by atoms with van der Waals surface area (Å²) < 4.78 is 25.3. The highest BCUT2D eigenvalue weighted by molar-refractivity contribution is 7.92. The number of halogens is 1. The second kappa shape index (κ2) is 7.92. The highest BCUT2D eigenvalue weighted by atomic mass is 35.5. The van der Waals surface area contributed by atoms with Crippen LogP contribution in [-0.4, -0.2) is 43.7 Å². The molecule has 1 saturated carbocycles. The first-order chi connectivity index (χ1) is 15.2. The number of sulfonamides is 1. The Morgan fingerprint density at radius 1 is 1.09 bits per heavy atom. The van der Waals surface area contributed by atoms with Gasteiger partial charge in [0, 0.05) is 23.1 Å². The second-order valence-corrected chi connectivity index (χ2v) is 11.5. The maximum absolute atomic E-state index is 13.2. The number of nitrogens with one attached hydrogen (secondary N) is 2. The van der Waals surface area contributed by atoms with Gasteiger partial charge in [-0.1, -0.05) is 23.7 Å². The molecule has 0 spiro atoms. The molecule has 2 aliphatic heterocycles. The van der Waals surface area contributed by atoms with Crippen molar-refractivity contribution in [2.24, 2.45) is 0 Å². The zero-order chi connectivity index (χ0) is 22.5. The van der Waals surface area contributed by atoms with Gasteiger partial charge in [0.25, 0.3) is 0 Å². The first-order valence-electron chi connectivity index (χ1n) is 11.0. The molecule has 1 aromatic heterocycles. The van der Waals surface area contributed by atoms with Gasteiger partial charge >= 0.3 is 0 Å². The van der Waals surface area contributed by atoms with E-state index in [-0.39, 0.29) is 11.9 Å². The van der Waals surface area contributed by atoms with Gasteiger partial charge in [0.2, 0.25) is 15.9 Å². The molecule has 9 heteroatoms. The maximum Gasteiger partial charge on any atom is 0.230 e. The predicted molar refractivity (Wildman–Crippen MR) is 126 cm³/mol. The van der Waals surface area contributed by atoms with E-state index in [4.69, 9.17) is 11.6 Å². The van der Waals surface area contributed by atoms with Crippen molar-refractivity contribution in [2.75, 3.05) is 15.9 Å². The van der Waals surface area contributed by atoms with Crippen molar-refractivity contribution in [3.8, 4) is 0 Å². The van der Waals surface area contributed by atoms with Crippen molar-refractivity contribution in [3.63, 3.8) is 0 Å². The molecule has 3 aliphatic rings. The molecule has 7 nitrogen and oxygen atoms in total. The molecule has 0 radical (unpaired) electrons. The van der Waals surface area contributed by atoms with E-state index in [0.29, 0.717) is 22.8 Å². The molecule has 2 saturated heterocycles. The number of aromatic nitrogens is 1. The van der Waals surface area contributed by atoms with Crippen molar-refractivity contribution < 1.29 is 13.2 Å². The third-order valence-corrected chi connectivity index (χ3v) is 7.82. The number of carbonyl (C=O) groups excluding carboxylic acids is 1. The lowest BCUT2D eigenvalue weighted by Gasteiger charge is -2.40. The molecule has 2 unspecified atom stereocenters. The molecule has 2 aromatic rings. The first-order valence-corrected chi connectivity index (χ1v) is 13.3. The molecule has 2 atom stereocenters. The normalized spacial score (nSPS) is 25.9. The van der Waals surface area contributed by atoms with Gasteiger partial charge in [-0.05, 0) is 68.4 Å². The standard InChI is InChI=1S/C23H27ClN4O3S/c1-32(30,31)27-17-6-9-21(25-14-17)28-19-7-8-20(28)13-18(12-19)26-22(29)23(10-11-23)15-2-4-16(24)5-3-15/h2-6,9,14,18-20,27H,7-8,10-13H2,1H3,(H,26,29). The van der Waals surface area contributed by atoms with E-state index in [1.54, 1.807) is 12.3 Å². The van der Waals surface area contributed by atoms with E-state index in [1.165, 1.54) is 0 Å². The molecule has 1 amide bonds. The summed E-state index contributed by atoms with van der Waals surface area (Å²) in [5, 5.41) is 4.03. The van der Waals surface area contributed by atoms with E-state index >= 15 is 0 Å². The van der Waals surface area contributed by atoms with Crippen LogP contribution < -0.4 is 14.9 Å². The highest BCUT2D eigenvalue weighted by Gasteiger charge is 2.52. The summed E-state index contributed by atoms with van der Waals surface area (Å²) in [6, 6.07) is 12.1. The third-order valence-electron chi connectivity index (χ3n) is 6.97. The van der Waals surface area contributed by atoms with Crippen LogP contribution in [0.4, 0.5) is 11.5 Å². The van der Waals surface area contributed by atoms with Crippen molar-refractivity contribution in [3.05, 3.63) is 53.2 Å². The summed E-state index contributed by atoms with van der Waals surface area (Å²) in [6.07, 6.45) is 8.38. The van der Waals surface area contributed by atoms with Crippen LogP contribution in [0.2, 0.25) is 5.02 Å². The molecular weight excluding hydrogens is 448 g/mol. The number of hydrogen-bond donors (Lipinski definition) is 2. The monoisotopic (exact) mass is 474 g/mol. The fraction of sp³-hybridized carbons (Fsp3) is 0.478. The predicted octanol–water partition coefficient (Wildman–Crippen LogP) is 3.45. The number of amides is 1. The van der Waals surface area contributed by atoms with Crippen molar-refractivity contribution in [1.82, 2.24) is 10.3 Å². The smallest absolute Gasteiger partial charge is 0.230 e. The number of hydrogen-bond acceptors (Lipinski definition) is 5. The van der Waals surface area contributed by atoms with E-state index < -0.39 is 15.4 Å². The number of benzene rings is 1. The lowest BCUT2D eigenvalue weighted by Crippen LogP contribution is -2.52. The lowest BCUT2D eigenvalue weighted by atomic mass is 9.92. The maximum atomic E-state index is 13.2. The second-order valence-electron chi connectivity index (χ2n) is 9.30. The number of anilines is 2. The number of fused-ring (bicyclic) bond motifs is 2. The van der Waals surface area contributed by atoms with Gasteiger partial charge in [-0.2, -0.15) is 0 Å². The first kappa shape index (κ1) is 21.5. The summed E-state index contributed by atoms with van der Waals surface area (Å²) in [5.74, 6) is 0.994. The molecule has 3 heterocycles. The highest BCUT2D eigenvalue weighted by Crippen LogP contribution is 2.49. The van der Waals surface area contributed by atoms with Gasteiger partial charge in [0.05, 0.1) is 23.6 Å². The van der Waals surface area contributed by atoms with Crippen LogP contribution in [-0.2, 0) is 20.2 Å². The van der Waals surface area contributed by atoms with Crippen LogP contribution in [0.25, 0.3) is 0 Å². The Bertz CT molecular complexity index is 1100. The molecule has 2 bridgehead atoms. The van der Waals surface area contributed by atoms with Gasteiger partial charge in [-0.3, -0.25) is 9.52 Å². The van der Waals surface area contributed by atoms with Gasteiger partial charge < -0.3 is 10.2 Å². The zero-order valence-electron chi connectivity index (χ0n) is 17.9. The average Bonchev–Trinajstić information content (AvgIpc) is 3.50. The number of piperidine rings is 1. The van der Waals surface area contributed by atoms with E-state index in [9.17, 15) is 13.2 Å². The summed E-state index contributed by atoms with van der Waals surface area (Å²) in [6.45, 7) is 0. The van der Waals surface area contributed by atoms with Crippen LogP contribution in [0.3, 0.4) is 0 Å². The molecule has 3 fully saturated rings. The van der Waals surface area contributed by atoms with Crippen LogP contribution in [0.5, 0.6) is 0 Å². The topological polar surface area (TPSA) is 91.4 Å². The summed E-state index contributed by atoms with van der Waals surface area (Å²) in [7, 11) is -3.32. The van der Waals surface area contributed by atoms with Crippen molar-refractivity contribution in [2.45, 2.75) is 62.1 Å². The fourth-order valence-electron chi connectivity index (χ4n) is 5.35. The number of rotatable bonds is 6. The van der Waals surface area contributed by atoms with Gasteiger partial charge in [-0.15, -0.1) is 0 Å². The summed E-state index contributed by atoms with van der Waals surface area (Å²) in [4.78, 5) is 20.0. The van der Waals surface area contributed by atoms with Crippen molar-refractivity contribution in [1.29, 1.82) is 0 Å². The Labute approximate surface area is 193 Å². The van der Waals surface area contributed by atoms with Crippen LogP contribution in [0.1, 0.15) is 44.1 Å². The summed E-state index contributed by atoms with van der Waals surface area (Å²) in [5.41, 5.74) is 1.11. The molecule has 170 valence electrons. The Kier molecular flexibility index (Phi) is 5.33. The number of carbonyl (C=O) groups is 1. The van der Waals surface area contributed by atoms with Crippen LogP contribution in [0, 0.1) is 0 Å². The Morgan fingerprint density at radius 3 is 2.28 bits per heavy atom. The Balaban J connectivity index is 1.24. The summed E-state index contributed by atoms with van der Waals surface area (Å²) >= 11 is 6.02. The van der Waals surface area contributed by atoms with Gasteiger partial charge in [0.1, 0.15) is 5.82 Å². The van der Waals surface area contributed by atoms with E-state index in [1.807, 2.05) is 30.3 Å². The molecule has 1 aliphatic carbocycles.